The number of carbonyl (C=O) groups is 1. The number of aryl methyl sites for hydroxylation is 1. The highest BCUT2D eigenvalue weighted by Crippen LogP contribution is 2.30. The van der Waals surface area contributed by atoms with Crippen molar-refractivity contribution in [1.82, 2.24) is 10.2 Å². The fraction of sp³-hybridized carbons (Fsp3) is 0.650. The Balaban J connectivity index is 1.70. The van der Waals surface area contributed by atoms with Gasteiger partial charge in [-0.2, -0.15) is 0 Å². The summed E-state index contributed by atoms with van der Waals surface area (Å²) in [5.41, 5.74) is 7.95. The first kappa shape index (κ1) is 19.3. The molecule has 0 aliphatic carbocycles. The van der Waals surface area contributed by atoms with Crippen LogP contribution < -0.4 is 11.1 Å². The standard InChI is InChI=1S/C20H31N3O3/c1-16-2-4-17(5-3-16)18(23-8-12-26-13-9-23)14-22-19(24)20(15-21)6-10-25-11-7-20/h2-5,18H,6-15,21H2,1H3,(H,22,24). The van der Waals surface area contributed by atoms with Crippen LogP contribution in [0.4, 0.5) is 0 Å². The Labute approximate surface area is 156 Å². The number of amides is 1. The van der Waals surface area contributed by atoms with Crippen LogP contribution in [0.15, 0.2) is 24.3 Å². The summed E-state index contributed by atoms with van der Waals surface area (Å²) in [5, 5.41) is 3.20. The van der Waals surface area contributed by atoms with Crippen molar-refractivity contribution >= 4 is 5.91 Å². The smallest absolute Gasteiger partial charge is 0.227 e. The highest BCUT2D eigenvalue weighted by atomic mass is 16.5. The van der Waals surface area contributed by atoms with Gasteiger partial charge in [0.05, 0.1) is 24.7 Å². The van der Waals surface area contributed by atoms with Crippen LogP contribution in [0, 0.1) is 12.3 Å². The maximum atomic E-state index is 12.9. The molecule has 1 aromatic carbocycles. The SMILES string of the molecule is Cc1ccc(C(CNC(=O)C2(CN)CCOCC2)N2CCOCC2)cc1. The van der Waals surface area contributed by atoms with E-state index in [1.54, 1.807) is 0 Å². The van der Waals surface area contributed by atoms with Gasteiger partial charge in [0.1, 0.15) is 0 Å². The third-order valence-corrected chi connectivity index (χ3v) is 5.73. The summed E-state index contributed by atoms with van der Waals surface area (Å²) >= 11 is 0. The second-order valence-electron chi connectivity index (χ2n) is 7.38. The van der Waals surface area contributed by atoms with E-state index in [9.17, 15) is 4.79 Å². The zero-order chi connectivity index (χ0) is 18.4. The average molecular weight is 361 g/mol. The molecule has 0 aromatic heterocycles. The lowest BCUT2D eigenvalue weighted by molar-refractivity contribution is -0.136. The van der Waals surface area contributed by atoms with E-state index in [0.717, 1.165) is 26.3 Å². The minimum atomic E-state index is -0.485. The molecule has 2 fully saturated rings. The lowest BCUT2D eigenvalue weighted by Crippen LogP contribution is -2.51. The van der Waals surface area contributed by atoms with Crippen molar-refractivity contribution in [3.8, 4) is 0 Å². The minimum Gasteiger partial charge on any atom is -0.381 e. The fourth-order valence-corrected chi connectivity index (χ4v) is 3.80. The molecule has 0 radical (unpaired) electrons. The van der Waals surface area contributed by atoms with Crippen molar-refractivity contribution in [3.63, 3.8) is 0 Å². The van der Waals surface area contributed by atoms with E-state index in [0.29, 0.717) is 39.1 Å². The summed E-state index contributed by atoms with van der Waals surface area (Å²) in [6.07, 6.45) is 1.39. The maximum Gasteiger partial charge on any atom is 0.227 e. The average Bonchev–Trinajstić information content (AvgIpc) is 2.70. The van der Waals surface area contributed by atoms with Gasteiger partial charge in [0, 0.05) is 39.4 Å². The number of morpholine rings is 1. The first-order chi connectivity index (χ1) is 12.6. The van der Waals surface area contributed by atoms with Crippen molar-refractivity contribution in [2.24, 2.45) is 11.1 Å². The van der Waals surface area contributed by atoms with Gasteiger partial charge < -0.3 is 20.5 Å². The van der Waals surface area contributed by atoms with Crippen LogP contribution in [0.2, 0.25) is 0 Å². The molecule has 0 saturated carbocycles. The lowest BCUT2D eigenvalue weighted by Gasteiger charge is -2.37. The van der Waals surface area contributed by atoms with Crippen LogP contribution in [0.1, 0.15) is 30.0 Å². The Bertz CT molecular complexity index is 578. The van der Waals surface area contributed by atoms with Crippen LogP contribution in [-0.4, -0.2) is 63.4 Å². The van der Waals surface area contributed by atoms with Crippen LogP contribution >= 0.6 is 0 Å². The number of hydrogen-bond donors (Lipinski definition) is 2. The molecule has 1 atom stereocenters. The van der Waals surface area contributed by atoms with Crippen molar-refractivity contribution in [3.05, 3.63) is 35.4 Å². The Morgan fingerprint density at radius 1 is 1.15 bits per heavy atom. The van der Waals surface area contributed by atoms with E-state index in [4.69, 9.17) is 15.2 Å². The molecule has 6 heteroatoms. The van der Waals surface area contributed by atoms with E-state index < -0.39 is 5.41 Å². The van der Waals surface area contributed by atoms with Gasteiger partial charge in [-0.15, -0.1) is 0 Å². The van der Waals surface area contributed by atoms with Gasteiger partial charge in [-0.3, -0.25) is 9.69 Å². The molecule has 6 nitrogen and oxygen atoms in total. The third-order valence-electron chi connectivity index (χ3n) is 5.73. The van der Waals surface area contributed by atoms with Crippen molar-refractivity contribution in [2.75, 3.05) is 52.6 Å². The molecule has 0 bridgehead atoms. The predicted molar refractivity (Wildman–Crippen MR) is 101 cm³/mol. The molecule has 1 aromatic rings. The van der Waals surface area contributed by atoms with Gasteiger partial charge in [-0.1, -0.05) is 29.8 Å². The van der Waals surface area contributed by atoms with E-state index in [1.807, 2.05) is 0 Å². The Kier molecular flexibility index (Phi) is 6.64. The summed E-state index contributed by atoms with van der Waals surface area (Å²) in [4.78, 5) is 15.3. The number of hydrogen-bond acceptors (Lipinski definition) is 5. The third kappa shape index (κ3) is 4.43. The first-order valence-electron chi connectivity index (χ1n) is 9.59. The number of nitrogens with zero attached hydrogens (tertiary/aromatic N) is 1. The monoisotopic (exact) mass is 361 g/mol. The number of nitrogens with two attached hydrogens (primary N) is 1. The Morgan fingerprint density at radius 3 is 2.38 bits per heavy atom. The molecule has 1 unspecified atom stereocenters. The molecule has 2 heterocycles. The molecule has 0 spiro atoms. The molecule has 3 rings (SSSR count). The zero-order valence-electron chi connectivity index (χ0n) is 15.7. The van der Waals surface area contributed by atoms with E-state index in [2.05, 4.69) is 41.4 Å². The van der Waals surface area contributed by atoms with Gasteiger partial charge in [0.15, 0.2) is 0 Å². The summed E-state index contributed by atoms with van der Waals surface area (Å²) in [6.45, 7) is 7.49. The highest BCUT2D eigenvalue weighted by Gasteiger charge is 2.39. The number of carbonyl (C=O) groups excluding carboxylic acids is 1. The van der Waals surface area contributed by atoms with Crippen molar-refractivity contribution in [1.29, 1.82) is 0 Å². The van der Waals surface area contributed by atoms with Crippen LogP contribution in [0.25, 0.3) is 0 Å². The van der Waals surface area contributed by atoms with Gasteiger partial charge in [0.25, 0.3) is 0 Å². The molecule has 144 valence electrons. The summed E-state index contributed by atoms with van der Waals surface area (Å²) in [7, 11) is 0. The van der Waals surface area contributed by atoms with E-state index in [-0.39, 0.29) is 11.9 Å². The normalized spacial score (nSPS) is 21.9. The first-order valence-corrected chi connectivity index (χ1v) is 9.59. The largest absolute Gasteiger partial charge is 0.381 e. The van der Waals surface area contributed by atoms with Crippen LogP contribution in [0.3, 0.4) is 0 Å². The van der Waals surface area contributed by atoms with Crippen molar-refractivity contribution in [2.45, 2.75) is 25.8 Å². The second-order valence-corrected chi connectivity index (χ2v) is 7.38. The number of benzene rings is 1. The van der Waals surface area contributed by atoms with Gasteiger partial charge in [-0.25, -0.2) is 0 Å². The van der Waals surface area contributed by atoms with Gasteiger partial charge in [0.2, 0.25) is 5.91 Å². The highest BCUT2D eigenvalue weighted by molar-refractivity contribution is 5.83. The van der Waals surface area contributed by atoms with Gasteiger partial charge >= 0.3 is 0 Å². The molecule has 2 aliphatic heterocycles. The molecule has 2 aliphatic rings. The fourth-order valence-electron chi connectivity index (χ4n) is 3.80. The Morgan fingerprint density at radius 2 is 1.77 bits per heavy atom. The van der Waals surface area contributed by atoms with Gasteiger partial charge in [-0.05, 0) is 25.3 Å². The number of rotatable bonds is 6. The Hall–Kier alpha value is -1.47. The molecule has 3 N–H and O–H groups in total. The van der Waals surface area contributed by atoms with Crippen LogP contribution in [0.5, 0.6) is 0 Å². The van der Waals surface area contributed by atoms with Crippen LogP contribution in [-0.2, 0) is 14.3 Å². The maximum absolute atomic E-state index is 12.9. The topological polar surface area (TPSA) is 76.8 Å². The van der Waals surface area contributed by atoms with Crippen molar-refractivity contribution < 1.29 is 14.3 Å². The molecule has 2 saturated heterocycles. The molecule has 26 heavy (non-hydrogen) atoms. The minimum absolute atomic E-state index is 0.0636. The summed E-state index contributed by atoms with van der Waals surface area (Å²) in [6, 6.07) is 8.73. The summed E-state index contributed by atoms with van der Waals surface area (Å²) < 4.78 is 10.9. The second kappa shape index (κ2) is 8.95. The molecular weight excluding hydrogens is 330 g/mol. The lowest BCUT2D eigenvalue weighted by atomic mass is 9.79. The summed E-state index contributed by atoms with van der Waals surface area (Å²) in [5.74, 6) is 0.0636. The van der Waals surface area contributed by atoms with E-state index >= 15 is 0 Å². The zero-order valence-corrected chi connectivity index (χ0v) is 15.7. The predicted octanol–water partition coefficient (Wildman–Crippen LogP) is 1.24. The number of nitrogens with one attached hydrogen (secondary N) is 1. The number of ether oxygens (including phenoxy) is 2. The molecule has 1 amide bonds. The molecular formula is C20H31N3O3. The quantitative estimate of drug-likeness (QED) is 0.797. The van der Waals surface area contributed by atoms with E-state index in [1.165, 1.54) is 11.1 Å².